The van der Waals surface area contributed by atoms with E-state index in [2.05, 4.69) is 22.5 Å². The molecule has 0 aliphatic carbocycles. The fourth-order valence-electron chi connectivity index (χ4n) is 3.74. The van der Waals surface area contributed by atoms with Gasteiger partial charge in [0.05, 0.1) is 19.8 Å². The Hall–Kier alpha value is -2.90. The number of amides is 2. The smallest absolute Gasteiger partial charge is 0.279 e. The molecule has 2 aromatic rings. The van der Waals surface area contributed by atoms with Crippen LogP contribution < -0.4 is 20.4 Å². The Balaban J connectivity index is 1.51. The lowest BCUT2D eigenvalue weighted by Crippen LogP contribution is -3.14. The van der Waals surface area contributed by atoms with Gasteiger partial charge in [0.15, 0.2) is 13.1 Å². The first-order valence-corrected chi connectivity index (χ1v) is 11.0. The lowest BCUT2D eigenvalue weighted by atomic mass is 10.2. The lowest BCUT2D eigenvalue weighted by molar-refractivity contribution is -0.883. The first-order valence-electron chi connectivity index (χ1n) is 11.0. The summed E-state index contributed by atoms with van der Waals surface area (Å²) in [5.74, 6) is -0.174. The number of aryl methyl sites for hydroxylation is 1. The SMILES string of the molecule is CCC[NH+](CC(=O)Nc1ccc(N2CCOCC2)cc1)CC(=O)Nc1ccccc1C. The van der Waals surface area contributed by atoms with E-state index in [1.807, 2.05) is 55.5 Å². The summed E-state index contributed by atoms with van der Waals surface area (Å²) in [6, 6.07) is 15.6. The van der Waals surface area contributed by atoms with Crippen molar-refractivity contribution in [3.05, 3.63) is 54.1 Å². The highest BCUT2D eigenvalue weighted by Crippen LogP contribution is 2.19. The molecular formula is C24H33N4O3+. The summed E-state index contributed by atoms with van der Waals surface area (Å²) in [6.07, 6.45) is 0.897. The van der Waals surface area contributed by atoms with Gasteiger partial charge >= 0.3 is 0 Å². The minimum Gasteiger partial charge on any atom is -0.378 e. The zero-order chi connectivity index (χ0) is 22.1. The number of hydrogen-bond acceptors (Lipinski definition) is 4. The highest BCUT2D eigenvalue weighted by molar-refractivity contribution is 5.93. The van der Waals surface area contributed by atoms with Crippen LogP contribution in [0.2, 0.25) is 0 Å². The van der Waals surface area contributed by atoms with Crippen LogP contribution in [0.3, 0.4) is 0 Å². The molecule has 3 N–H and O–H groups in total. The van der Waals surface area contributed by atoms with Crippen LogP contribution in [0.25, 0.3) is 0 Å². The molecule has 2 aromatic carbocycles. The molecule has 1 heterocycles. The Morgan fingerprint density at radius 2 is 1.61 bits per heavy atom. The molecule has 0 aromatic heterocycles. The monoisotopic (exact) mass is 425 g/mol. The number of nitrogens with one attached hydrogen (secondary N) is 3. The van der Waals surface area contributed by atoms with Crippen LogP contribution in [0.1, 0.15) is 18.9 Å². The Labute approximate surface area is 184 Å². The number of benzene rings is 2. The van der Waals surface area contributed by atoms with E-state index < -0.39 is 0 Å². The molecule has 3 rings (SSSR count). The average Bonchev–Trinajstić information content (AvgIpc) is 2.76. The van der Waals surface area contributed by atoms with Gasteiger partial charge in [-0.25, -0.2) is 0 Å². The van der Waals surface area contributed by atoms with Crippen LogP contribution in [0.15, 0.2) is 48.5 Å². The number of nitrogens with zero attached hydrogens (tertiary/aromatic N) is 1. The quantitative estimate of drug-likeness (QED) is 0.572. The van der Waals surface area contributed by atoms with Crippen molar-refractivity contribution in [1.29, 1.82) is 0 Å². The fourth-order valence-corrected chi connectivity index (χ4v) is 3.74. The van der Waals surface area contributed by atoms with Crippen LogP contribution in [-0.4, -0.2) is 57.8 Å². The summed E-state index contributed by atoms with van der Waals surface area (Å²) >= 11 is 0. The van der Waals surface area contributed by atoms with E-state index in [1.54, 1.807) is 0 Å². The maximum Gasteiger partial charge on any atom is 0.279 e. The fraction of sp³-hybridized carbons (Fsp3) is 0.417. The van der Waals surface area contributed by atoms with E-state index in [4.69, 9.17) is 4.74 Å². The van der Waals surface area contributed by atoms with Crippen molar-refractivity contribution in [2.75, 3.05) is 61.5 Å². The Morgan fingerprint density at radius 3 is 2.26 bits per heavy atom. The molecule has 0 spiro atoms. The van der Waals surface area contributed by atoms with Gasteiger partial charge in [0.25, 0.3) is 11.8 Å². The van der Waals surface area contributed by atoms with Gasteiger partial charge in [0.1, 0.15) is 0 Å². The van der Waals surface area contributed by atoms with E-state index in [0.29, 0.717) is 0 Å². The topological polar surface area (TPSA) is 75.1 Å². The highest BCUT2D eigenvalue weighted by atomic mass is 16.5. The third kappa shape index (κ3) is 7.08. The zero-order valence-electron chi connectivity index (χ0n) is 18.4. The van der Waals surface area contributed by atoms with Gasteiger partial charge in [0.2, 0.25) is 0 Å². The van der Waals surface area contributed by atoms with Crippen molar-refractivity contribution >= 4 is 28.9 Å². The maximum atomic E-state index is 12.6. The first kappa shape index (κ1) is 22.8. The second-order valence-electron chi connectivity index (χ2n) is 7.91. The number of carbonyl (C=O) groups is 2. The number of ether oxygens (including phenoxy) is 1. The number of para-hydroxylation sites is 1. The zero-order valence-corrected chi connectivity index (χ0v) is 18.4. The lowest BCUT2D eigenvalue weighted by Gasteiger charge is -2.28. The van der Waals surface area contributed by atoms with E-state index in [9.17, 15) is 9.59 Å². The van der Waals surface area contributed by atoms with Gasteiger partial charge in [0, 0.05) is 30.2 Å². The summed E-state index contributed by atoms with van der Waals surface area (Å²) in [6.45, 7) is 8.52. The van der Waals surface area contributed by atoms with E-state index in [0.717, 1.165) is 66.8 Å². The minimum absolute atomic E-state index is 0.0829. The summed E-state index contributed by atoms with van der Waals surface area (Å²) in [5.41, 5.74) is 3.73. The maximum absolute atomic E-state index is 12.6. The van der Waals surface area contributed by atoms with E-state index in [1.165, 1.54) is 0 Å². The minimum atomic E-state index is -0.0914. The summed E-state index contributed by atoms with van der Waals surface area (Å²) < 4.78 is 5.39. The number of carbonyl (C=O) groups excluding carboxylic acids is 2. The summed E-state index contributed by atoms with van der Waals surface area (Å²) in [7, 11) is 0. The molecule has 2 amide bonds. The number of rotatable bonds is 9. The number of hydrogen-bond donors (Lipinski definition) is 3. The van der Waals surface area contributed by atoms with Crippen molar-refractivity contribution in [1.82, 2.24) is 0 Å². The molecule has 0 bridgehead atoms. The highest BCUT2D eigenvalue weighted by Gasteiger charge is 2.18. The van der Waals surface area contributed by atoms with Crippen molar-refractivity contribution in [3.63, 3.8) is 0 Å². The van der Waals surface area contributed by atoms with Crippen LogP contribution in [0, 0.1) is 6.92 Å². The second kappa shape index (κ2) is 11.5. The second-order valence-corrected chi connectivity index (χ2v) is 7.91. The average molecular weight is 426 g/mol. The number of quaternary nitrogens is 1. The standard InChI is InChI=1S/C24H32N4O3/c1-3-12-27(18-24(30)26-22-7-5-4-6-19(22)2)17-23(29)25-20-8-10-21(11-9-20)28-13-15-31-16-14-28/h4-11H,3,12-18H2,1-2H3,(H,25,29)(H,26,30)/p+1. The van der Waals surface area contributed by atoms with Gasteiger partial charge in [-0.05, 0) is 49.2 Å². The van der Waals surface area contributed by atoms with Crippen molar-refractivity contribution in [3.8, 4) is 0 Å². The summed E-state index contributed by atoms with van der Waals surface area (Å²) in [4.78, 5) is 28.3. The molecule has 1 aliphatic heterocycles. The molecule has 7 nitrogen and oxygen atoms in total. The number of morpholine rings is 1. The Bertz CT molecular complexity index is 863. The third-order valence-electron chi connectivity index (χ3n) is 5.37. The molecule has 31 heavy (non-hydrogen) atoms. The van der Waals surface area contributed by atoms with E-state index in [-0.39, 0.29) is 24.9 Å². The molecule has 1 aliphatic rings. The van der Waals surface area contributed by atoms with Gasteiger partial charge in [-0.2, -0.15) is 0 Å². The molecule has 0 saturated carbocycles. The molecule has 7 heteroatoms. The first-order chi connectivity index (χ1) is 15.0. The van der Waals surface area contributed by atoms with Gasteiger partial charge < -0.3 is 25.2 Å². The molecule has 1 fully saturated rings. The van der Waals surface area contributed by atoms with Crippen LogP contribution in [0.5, 0.6) is 0 Å². The Kier molecular flexibility index (Phi) is 8.44. The van der Waals surface area contributed by atoms with Gasteiger partial charge in [-0.15, -0.1) is 0 Å². The van der Waals surface area contributed by atoms with Crippen molar-refractivity contribution in [2.24, 2.45) is 0 Å². The molecule has 1 atom stereocenters. The molecule has 0 radical (unpaired) electrons. The van der Waals surface area contributed by atoms with Crippen LogP contribution >= 0.6 is 0 Å². The molecule has 1 saturated heterocycles. The third-order valence-corrected chi connectivity index (χ3v) is 5.37. The van der Waals surface area contributed by atoms with Crippen molar-refractivity contribution < 1.29 is 19.2 Å². The van der Waals surface area contributed by atoms with Crippen LogP contribution in [-0.2, 0) is 14.3 Å². The van der Waals surface area contributed by atoms with Gasteiger partial charge in [-0.3, -0.25) is 9.59 Å². The predicted octanol–water partition coefficient (Wildman–Crippen LogP) is 1.70. The largest absolute Gasteiger partial charge is 0.378 e. The van der Waals surface area contributed by atoms with Gasteiger partial charge in [-0.1, -0.05) is 25.1 Å². The van der Waals surface area contributed by atoms with E-state index >= 15 is 0 Å². The normalized spacial score (nSPS) is 14.7. The predicted molar refractivity (Wildman–Crippen MR) is 124 cm³/mol. The molecule has 1 unspecified atom stereocenters. The van der Waals surface area contributed by atoms with Crippen LogP contribution in [0.4, 0.5) is 17.1 Å². The van der Waals surface area contributed by atoms with Crippen molar-refractivity contribution in [2.45, 2.75) is 20.3 Å². The molecular weight excluding hydrogens is 392 g/mol. The number of anilines is 3. The Morgan fingerprint density at radius 1 is 0.968 bits per heavy atom. The summed E-state index contributed by atoms with van der Waals surface area (Å²) in [5, 5.41) is 5.91. The molecule has 166 valence electrons.